The molecule has 3 heterocycles. The van der Waals surface area contributed by atoms with Crippen LogP contribution in [0.3, 0.4) is 0 Å². The first-order valence-electron chi connectivity index (χ1n) is 10.3. The van der Waals surface area contributed by atoms with Gasteiger partial charge in [0.05, 0.1) is 23.6 Å². The summed E-state index contributed by atoms with van der Waals surface area (Å²) in [6.07, 6.45) is 4.05. The molecule has 0 spiro atoms. The van der Waals surface area contributed by atoms with Crippen LogP contribution in [0.5, 0.6) is 0 Å². The quantitative estimate of drug-likeness (QED) is 0.624. The molecular weight excluding hydrogens is 418 g/mol. The molecule has 162 valence electrons. The van der Waals surface area contributed by atoms with Gasteiger partial charge in [-0.2, -0.15) is 0 Å². The van der Waals surface area contributed by atoms with Gasteiger partial charge in [0.2, 0.25) is 17.7 Å². The summed E-state index contributed by atoms with van der Waals surface area (Å²) in [5.74, 6) is -1.13. The normalized spacial score (nSPS) is 23.2. The van der Waals surface area contributed by atoms with Crippen molar-refractivity contribution in [1.82, 2.24) is 25.8 Å². The molecule has 2 aromatic rings. The van der Waals surface area contributed by atoms with Crippen LogP contribution in [0.2, 0.25) is 5.02 Å². The van der Waals surface area contributed by atoms with Crippen LogP contribution < -0.4 is 16.0 Å². The highest BCUT2D eigenvalue weighted by atomic mass is 35.5. The molecule has 1 aromatic carbocycles. The molecule has 0 aliphatic carbocycles. The summed E-state index contributed by atoms with van der Waals surface area (Å²) in [6, 6.07) is 5.85. The molecule has 1 aromatic heterocycles. The number of pyridine rings is 1. The first-order chi connectivity index (χ1) is 15.0. The van der Waals surface area contributed by atoms with E-state index in [0.29, 0.717) is 40.2 Å². The molecule has 2 fully saturated rings. The maximum absolute atomic E-state index is 13.1. The minimum atomic E-state index is -1.06. The number of piperidine rings is 1. The number of nitrogens with one attached hydrogen (secondary N) is 3. The lowest BCUT2D eigenvalue weighted by atomic mass is 10.00. The second-order valence-electron chi connectivity index (χ2n) is 7.75. The standard InChI is InChI=1S/C22H24ClN5O3/c1-13-10-25-22(31)20(15-11-24-16-7-3-2-6-14(16)19(15)23)27-18(29)12-26-21(30)17-8-4-5-9-28(13)17/h2-3,6-7,11,17,20H,1,4-5,8-10,12H2,(H,25,31)(H,26,30)(H,27,29). The Bertz CT molecular complexity index is 1060. The van der Waals surface area contributed by atoms with Crippen LogP contribution in [0, 0.1) is 0 Å². The van der Waals surface area contributed by atoms with Gasteiger partial charge in [-0.3, -0.25) is 19.4 Å². The molecule has 8 nitrogen and oxygen atoms in total. The summed E-state index contributed by atoms with van der Waals surface area (Å²) in [7, 11) is 0. The number of hydrogen-bond donors (Lipinski definition) is 3. The smallest absolute Gasteiger partial charge is 0.247 e. The van der Waals surface area contributed by atoms with Crippen molar-refractivity contribution in [2.24, 2.45) is 0 Å². The average Bonchev–Trinajstić information content (AvgIpc) is 2.79. The Hall–Kier alpha value is -3.13. The van der Waals surface area contributed by atoms with E-state index in [4.69, 9.17) is 11.6 Å². The van der Waals surface area contributed by atoms with Crippen molar-refractivity contribution >= 4 is 40.2 Å². The summed E-state index contributed by atoms with van der Waals surface area (Å²) in [6.45, 7) is 4.68. The molecule has 3 amide bonds. The minimum absolute atomic E-state index is 0.160. The number of carbonyl (C=O) groups excluding carboxylic acids is 3. The van der Waals surface area contributed by atoms with Crippen LogP contribution in [0.1, 0.15) is 30.9 Å². The fourth-order valence-electron chi connectivity index (χ4n) is 4.08. The number of halogens is 1. The van der Waals surface area contributed by atoms with Gasteiger partial charge >= 0.3 is 0 Å². The zero-order chi connectivity index (χ0) is 22.0. The van der Waals surface area contributed by atoms with Gasteiger partial charge in [0.25, 0.3) is 0 Å². The Balaban J connectivity index is 1.65. The van der Waals surface area contributed by atoms with Crippen molar-refractivity contribution in [3.8, 4) is 0 Å². The molecule has 31 heavy (non-hydrogen) atoms. The zero-order valence-corrected chi connectivity index (χ0v) is 17.7. The summed E-state index contributed by atoms with van der Waals surface area (Å²) in [5, 5.41) is 9.23. The number of rotatable bonds is 1. The van der Waals surface area contributed by atoms with Crippen molar-refractivity contribution in [2.45, 2.75) is 31.3 Å². The van der Waals surface area contributed by atoms with Crippen LogP contribution in [0.4, 0.5) is 0 Å². The Morgan fingerprint density at radius 1 is 1.06 bits per heavy atom. The van der Waals surface area contributed by atoms with E-state index in [1.807, 2.05) is 29.2 Å². The van der Waals surface area contributed by atoms with Crippen LogP contribution >= 0.6 is 11.6 Å². The fraction of sp³-hybridized carbons (Fsp3) is 0.364. The summed E-state index contributed by atoms with van der Waals surface area (Å²) >= 11 is 6.59. The molecule has 0 radical (unpaired) electrons. The summed E-state index contributed by atoms with van der Waals surface area (Å²) in [4.78, 5) is 44.6. The van der Waals surface area contributed by atoms with Crippen molar-refractivity contribution in [3.63, 3.8) is 0 Å². The number of aromatic nitrogens is 1. The predicted molar refractivity (Wildman–Crippen MR) is 117 cm³/mol. The van der Waals surface area contributed by atoms with Gasteiger partial charge in [-0.25, -0.2) is 0 Å². The Morgan fingerprint density at radius 3 is 2.68 bits per heavy atom. The Morgan fingerprint density at radius 2 is 1.84 bits per heavy atom. The van der Waals surface area contributed by atoms with Crippen molar-refractivity contribution in [3.05, 3.63) is 53.3 Å². The van der Waals surface area contributed by atoms with E-state index < -0.39 is 17.9 Å². The molecule has 2 aliphatic heterocycles. The van der Waals surface area contributed by atoms with E-state index in [2.05, 4.69) is 27.5 Å². The van der Waals surface area contributed by atoms with E-state index >= 15 is 0 Å². The lowest BCUT2D eigenvalue weighted by molar-refractivity contribution is -0.132. The second-order valence-corrected chi connectivity index (χ2v) is 8.13. The number of amides is 3. The summed E-state index contributed by atoms with van der Waals surface area (Å²) in [5.41, 5.74) is 1.73. The molecule has 2 aliphatic rings. The Kier molecular flexibility index (Phi) is 6.08. The zero-order valence-electron chi connectivity index (χ0n) is 17.0. The first kappa shape index (κ1) is 21.1. The Labute approximate surface area is 185 Å². The van der Waals surface area contributed by atoms with Gasteiger partial charge < -0.3 is 20.9 Å². The van der Waals surface area contributed by atoms with Gasteiger partial charge in [-0.15, -0.1) is 0 Å². The molecule has 0 saturated carbocycles. The molecule has 0 bridgehead atoms. The second kappa shape index (κ2) is 8.93. The van der Waals surface area contributed by atoms with Crippen LogP contribution in [0.25, 0.3) is 10.9 Å². The number of benzene rings is 1. The number of hydrogen-bond acceptors (Lipinski definition) is 5. The fourth-order valence-corrected chi connectivity index (χ4v) is 4.40. The molecule has 9 heteroatoms. The van der Waals surface area contributed by atoms with Gasteiger partial charge in [0.1, 0.15) is 12.1 Å². The monoisotopic (exact) mass is 441 g/mol. The van der Waals surface area contributed by atoms with E-state index in [1.165, 1.54) is 6.20 Å². The number of para-hydroxylation sites is 1. The average molecular weight is 442 g/mol. The predicted octanol–water partition coefficient (Wildman–Crippen LogP) is 1.66. The number of fused-ring (bicyclic) bond motifs is 2. The van der Waals surface area contributed by atoms with E-state index in [9.17, 15) is 14.4 Å². The van der Waals surface area contributed by atoms with Crippen molar-refractivity contribution < 1.29 is 14.4 Å². The minimum Gasteiger partial charge on any atom is -0.362 e. The SMILES string of the molecule is C=C1CNC(=O)C(c2cnc3ccccc3c2Cl)NC(=O)CNC(=O)C2CCCCN12. The van der Waals surface area contributed by atoms with Crippen LogP contribution in [0.15, 0.2) is 42.7 Å². The highest BCUT2D eigenvalue weighted by molar-refractivity contribution is 6.36. The molecule has 3 N–H and O–H groups in total. The van der Waals surface area contributed by atoms with E-state index in [-0.39, 0.29) is 25.0 Å². The molecular formula is C22H24ClN5O3. The maximum atomic E-state index is 13.1. The van der Waals surface area contributed by atoms with Gasteiger partial charge in [0.15, 0.2) is 0 Å². The topological polar surface area (TPSA) is 103 Å². The lowest BCUT2D eigenvalue weighted by Gasteiger charge is -2.38. The lowest BCUT2D eigenvalue weighted by Crippen LogP contribution is -2.53. The third-order valence-corrected chi connectivity index (χ3v) is 6.14. The van der Waals surface area contributed by atoms with Gasteiger partial charge in [0, 0.05) is 29.4 Å². The first-order valence-corrected chi connectivity index (χ1v) is 10.7. The molecule has 2 unspecified atom stereocenters. The molecule has 2 atom stereocenters. The van der Waals surface area contributed by atoms with Crippen molar-refractivity contribution in [1.29, 1.82) is 0 Å². The van der Waals surface area contributed by atoms with E-state index in [0.717, 1.165) is 12.8 Å². The van der Waals surface area contributed by atoms with E-state index in [1.54, 1.807) is 0 Å². The van der Waals surface area contributed by atoms with Crippen LogP contribution in [-0.4, -0.2) is 53.3 Å². The highest BCUT2D eigenvalue weighted by Crippen LogP contribution is 2.30. The molecule has 4 rings (SSSR count). The number of nitrogens with zero attached hydrogens (tertiary/aromatic N) is 2. The van der Waals surface area contributed by atoms with Gasteiger partial charge in [-0.05, 0) is 25.3 Å². The molecule has 2 saturated heterocycles. The highest BCUT2D eigenvalue weighted by Gasteiger charge is 2.32. The number of carbonyl (C=O) groups is 3. The van der Waals surface area contributed by atoms with Crippen molar-refractivity contribution in [2.75, 3.05) is 19.6 Å². The van der Waals surface area contributed by atoms with Gasteiger partial charge in [-0.1, -0.05) is 36.4 Å². The largest absolute Gasteiger partial charge is 0.362 e. The van der Waals surface area contributed by atoms with Crippen LogP contribution in [-0.2, 0) is 14.4 Å². The maximum Gasteiger partial charge on any atom is 0.247 e. The summed E-state index contributed by atoms with van der Waals surface area (Å²) < 4.78 is 0. The third kappa shape index (κ3) is 4.34. The third-order valence-electron chi connectivity index (χ3n) is 5.72.